The van der Waals surface area contributed by atoms with Crippen LogP contribution < -0.4 is 5.32 Å². The normalized spacial score (nSPS) is 20.2. The summed E-state index contributed by atoms with van der Waals surface area (Å²) in [6.07, 6.45) is -0.307. The van der Waals surface area contributed by atoms with Gasteiger partial charge in [-0.2, -0.15) is 0 Å². The Morgan fingerprint density at radius 1 is 1.09 bits per heavy atom. The topological polar surface area (TPSA) is 105 Å². The van der Waals surface area contributed by atoms with E-state index in [0.717, 1.165) is 22.3 Å². The molecule has 1 aliphatic heterocycles. The number of hydrogen-bond acceptors (Lipinski definition) is 5. The van der Waals surface area contributed by atoms with Gasteiger partial charge in [-0.15, -0.1) is 0 Å². The molecule has 8 nitrogen and oxygen atoms in total. The van der Waals surface area contributed by atoms with E-state index in [4.69, 9.17) is 9.47 Å². The summed E-state index contributed by atoms with van der Waals surface area (Å²) >= 11 is 0. The molecule has 2 N–H and O–H groups in total. The molecule has 2 amide bonds. The van der Waals surface area contributed by atoms with Gasteiger partial charge in [0.1, 0.15) is 12.6 Å². The highest BCUT2D eigenvalue weighted by molar-refractivity contribution is 5.86. The van der Waals surface area contributed by atoms with Crippen molar-refractivity contribution in [3.63, 3.8) is 0 Å². The van der Waals surface area contributed by atoms with Crippen LogP contribution in [-0.2, 0) is 19.1 Å². The molecule has 0 radical (unpaired) electrons. The molecule has 1 fully saturated rings. The lowest BCUT2D eigenvalue weighted by Crippen LogP contribution is -2.54. The summed E-state index contributed by atoms with van der Waals surface area (Å²) in [6, 6.07) is 15.2. The fraction of sp³-hybridized carbons (Fsp3) is 0.423. The van der Waals surface area contributed by atoms with Gasteiger partial charge >= 0.3 is 12.1 Å². The molecule has 0 saturated carbocycles. The lowest BCUT2D eigenvalue weighted by atomic mass is 9.87. The van der Waals surface area contributed by atoms with Crippen molar-refractivity contribution in [2.75, 3.05) is 33.4 Å². The first-order chi connectivity index (χ1) is 16.4. The van der Waals surface area contributed by atoms with E-state index in [1.165, 1.54) is 7.11 Å². The fourth-order valence-electron chi connectivity index (χ4n) is 5.06. The van der Waals surface area contributed by atoms with Crippen LogP contribution >= 0.6 is 0 Å². The van der Waals surface area contributed by atoms with Gasteiger partial charge in [-0.25, -0.2) is 4.79 Å². The molecule has 34 heavy (non-hydrogen) atoms. The Hall–Kier alpha value is -3.39. The zero-order valence-corrected chi connectivity index (χ0v) is 19.4. The number of fused-ring (bicyclic) bond motifs is 3. The quantitative estimate of drug-likeness (QED) is 0.650. The third kappa shape index (κ3) is 4.77. The maximum absolute atomic E-state index is 13.1. The average Bonchev–Trinajstić information content (AvgIpc) is 3.15. The van der Waals surface area contributed by atoms with E-state index in [1.54, 1.807) is 4.90 Å². The van der Waals surface area contributed by atoms with Gasteiger partial charge < -0.3 is 24.8 Å². The number of alkyl carbamates (subject to hydrolysis) is 1. The molecule has 3 unspecified atom stereocenters. The highest BCUT2D eigenvalue weighted by atomic mass is 16.5. The third-order valence-electron chi connectivity index (χ3n) is 6.80. The summed E-state index contributed by atoms with van der Waals surface area (Å²) in [5, 5.41) is 12.0. The first kappa shape index (κ1) is 23.8. The number of methoxy groups -OCH3 is 1. The monoisotopic (exact) mass is 466 g/mol. The predicted octanol–water partition coefficient (Wildman–Crippen LogP) is 3.11. The molecule has 180 valence electrons. The van der Waals surface area contributed by atoms with Crippen molar-refractivity contribution in [3.8, 4) is 11.1 Å². The van der Waals surface area contributed by atoms with Gasteiger partial charge in [0, 0.05) is 26.1 Å². The highest BCUT2D eigenvalue weighted by Crippen LogP contribution is 2.44. The predicted molar refractivity (Wildman–Crippen MR) is 125 cm³/mol. The number of carbonyl (C=O) groups excluding carboxylic acids is 2. The van der Waals surface area contributed by atoms with Crippen LogP contribution in [0.5, 0.6) is 0 Å². The van der Waals surface area contributed by atoms with Crippen molar-refractivity contribution < 1.29 is 29.0 Å². The van der Waals surface area contributed by atoms with Crippen LogP contribution in [-0.4, -0.2) is 67.4 Å². The van der Waals surface area contributed by atoms with E-state index >= 15 is 0 Å². The molecule has 8 heteroatoms. The minimum Gasteiger partial charge on any atom is -0.481 e. The molecule has 0 bridgehead atoms. The van der Waals surface area contributed by atoms with Crippen LogP contribution in [0.4, 0.5) is 4.79 Å². The Bertz CT molecular complexity index is 1030. The molecular formula is C26H30N2O6. The lowest BCUT2D eigenvalue weighted by molar-refractivity contribution is -0.149. The zero-order chi connectivity index (χ0) is 24.2. The average molecular weight is 467 g/mol. The summed E-state index contributed by atoms with van der Waals surface area (Å²) in [5.41, 5.74) is 4.49. The van der Waals surface area contributed by atoms with E-state index in [2.05, 4.69) is 17.4 Å². The van der Waals surface area contributed by atoms with Gasteiger partial charge in [0.05, 0.1) is 12.5 Å². The fourth-order valence-corrected chi connectivity index (χ4v) is 5.06. The van der Waals surface area contributed by atoms with Crippen molar-refractivity contribution in [3.05, 3.63) is 59.7 Å². The van der Waals surface area contributed by atoms with Crippen LogP contribution in [0.15, 0.2) is 48.5 Å². The maximum Gasteiger partial charge on any atom is 0.407 e. The van der Waals surface area contributed by atoms with Crippen LogP contribution in [0.25, 0.3) is 11.1 Å². The number of likely N-dealkylation sites (tertiary alicyclic amines) is 1. The van der Waals surface area contributed by atoms with Gasteiger partial charge in [0.25, 0.3) is 0 Å². The summed E-state index contributed by atoms with van der Waals surface area (Å²) in [4.78, 5) is 38.7. The summed E-state index contributed by atoms with van der Waals surface area (Å²) in [7, 11) is 1.46. The molecule has 2 aromatic rings. The molecule has 0 spiro atoms. The standard InChI is InChI=1S/C26H30N2O6/c1-16-13-28(12-11-17(16)25(30)31)24(29)23(15-33-2)27-26(32)34-14-22-20-9-5-3-7-18(20)19-8-4-6-10-21(19)22/h3-10,16-17,22-23H,11-15H2,1-2H3,(H,27,32)(H,30,31). The second kappa shape index (κ2) is 10.3. The van der Waals surface area contributed by atoms with Crippen LogP contribution in [0, 0.1) is 11.8 Å². The summed E-state index contributed by atoms with van der Waals surface area (Å²) in [5.74, 6) is -1.87. The Kier molecular flexibility index (Phi) is 7.17. The number of aliphatic carboxylic acids is 1. The highest BCUT2D eigenvalue weighted by Gasteiger charge is 2.36. The molecule has 1 aliphatic carbocycles. The van der Waals surface area contributed by atoms with Gasteiger partial charge in [-0.1, -0.05) is 55.5 Å². The first-order valence-electron chi connectivity index (χ1n) is 11.5. The van der Waals surface area contributed by atoms with Crippen molar-refractivity contribution in [1.82, 2.24) is 10.2 Å². The number of amides is 2. The Balaban J connectivity index is 1.38. The second-order valence-corrected chi connectivity index (χ2v) is 8.97. The van der Waals surface area contributed by atoms with Crippen molar-refractivity contribution >= 4 is 18.0 Å². The van der Waals surface area contributed by atoms with Gasteiger partial charge in [0.2, 0.25) is 5.91 Å². The van der Waals surface area contributed by atoms with E-state index in [9.17, 15) is 19.5 Å². The molecule has 2 aromatic carbocycles. The number of carboxylic acids is 1. The lowest BCUT2D eigenvalue weighted by Gasteiger charge is -2.36. The zero-order valence-electron chi connectivity index (χ0n) is 19.4. The van der Waals surface area contributed by atoms with Crippen molar-refractivity contribution in [2.24, 2.45) is 11.8 Å². The summed E-state index contributed by atoms with van der Waals surface area (Å²) in [6.45, 7) is 2.61. The number of nitrogens with one attached hydrogen (secondary N) is 1. The van der Waals surface area contributed by atoms with Crippen molar-refractivity contribution in [2.45, 2.75) is 25.3 Å². The Morgan fingerprint density at radius 2 is 1.71 bits per heavy atom. The minimum atomic E-state index is -0.908. The van der Waals surface area contributed by atoms with Crippen LogP contribution in [0.1, 0.15) is 30.4 Å². The molecule has 0 aromatic heterocycles. The first-order valence-corrected chi connectivity index (χ1v) is 11.5. The van der Waals surface area contributed by atoms with E-state index < -0.39 is 24.0 Å². The van der Waals surface area contributed by atoms with Crippen LogP contribution in [0.3, 0.4) is 0 Å². The molecule has 1 heterocycles. The largest absolute Gasteiger partial charge is 0.481 e. The number of ether oxygens (including phenoxy) is 2. The van der Waals surface area contributed by atoms with E-state index in [-0.39, 0.29) is 31.0 Å². The van der Waals surface area contributed by atoms with Gasteiger partial charge in [-0.05, 0) is 34.6 Å². The summed E-state index contributed by atoms with van der Waals surface area (Å²) < 4.78 is 10.7. The van der Waals surface area contributed by atoms with E-state index in [0.29, 0.717) is 19.5 Å². The Morgan fingerprint density at radius 3 is 2.26 bits per heavy atom. The third-order valence-corrected chi connectivity index (χ3v) is 6.80. The number of carboxylic acid groups (broad SMARTS) is 1. The molecule has 1 saturated heterocycles. The number of rotatable bonds is 7. The maximum atomic E-state index is 13.1. The second-order valence-electron chi connectivity index (χ2n) is 8.97. The minimum absolute atomic E-state index is 0.00370. The van der Waals surface area contributed by atoms with E-state index in [1.807, 2.05) is 43.3 Å². The molecule has 3 atom stereocenters. The molecule has 4 rings (SSSR count). The van der Waals surface area contributed by atoms with Gasteiger partial charge in [-0.3, -0.25) is 9.59 Å². The number of benzene rings is 2. The smallest absolute Gasteiger partial charge is 0.407 e. The van der Waals surface area contributed by atoms with Crippen molar-refractivity contribution in [1.29, 1.82) is 0 Å². The Labute approximate surface area is 198 Å². The number of piperidine rings is 1. The molecule has 2 aliphatic rings. The number of nitrogens with zero attached hydrogens (tertiary/aromatic N) is 1. The molecular weight excluding hydrogens is 436 g/mol. The SMILES string of the molecule is COCC(NC(=O)OCC1c2ccccc2-c2ccccc21)C(=O)N1CCC(C(=O)O)C(C)C1. The van der Waals surface area contributed by atoms with Gasteiger partial charge in [0.15, 0.2) is 0 Å². The number of carbonyl (C=O) groups is 3. The van der Waals surface area contributed by atoms with Crippen LogP contribution in [0.2, 0.25) is 0 Å². The number of hydrogen-bond donors (Lipinski definition) is 2.